The number of rotatable bonds is 4. The molecule has 1 aliphatic rings. The van der Waals surface area contributed by atoms with Crippen LogP contribution in [0.4, 0.5) is 0 Å². The zero-order valence-corrected chi connectivity index (χ0v) is 11.7. The van der Waals surface area contributed by atoms with Crippen molar-refractivity contribution in [2.75, 3.05) is 13.1 Å². The zero-order valence-electron chi connectivity index (χ0n) is 11.7. The van der Waals surface area contributed by atoms with E-state index in [-0.39, 0.29) is 5.91 Å². The highest BCUT2D eigenvalue weighted by atomic mass is 16.4. The lowest BCUT2D eigenvalue weighted by Crippen LogP contribution is -2.39. The number of hydrogen-bond donors (Lipinski definition) is 1. The highest BCUT2D eigenvalue weighted by Gasteiger charge is 2.30. The standard InChI is InChI=1S/C14H25NO3/c1-4-12-6-5-8-15(9-7-12)13(16)10(2)11(3)14(17)18/h10-12H,4-9H2,1-3H3,(H,17,18). The highest BCUT2D eigenvalue weighted by molar-refractivity contribution is 5.84. The summed E-state index contributed by atoms with van der Waals surface area (Å²) in [6.07, 6.45) is 4.45. The van der Waals surface area contributed by atoms with E-state index in [0.717, 1.165) is 31.8 Å². The molecule has 18 heavy (non-hydrogen) atoms. The summed E-state index contributed by atoms with van der Waals surface area (Å²) in [5.74, 6) is -1.21. The average Bonchev–Trinajstić information content (AvgIpc) is 2.61. The Balaban J connectivity index is 2.58. The van der Waals surface area contributed by atoms with Gasteiger partial charge in [-0.15, -0.1) is 0 Å². The minimum atomic E-state index is -0.892. The van der Waals surface area contributed by atoms with E-state index in [2.05, 4.69) is 6.92 Å². The van der Waals surface area contributed by atoms with Gasteiger partial charge in [-0.2, -0.15) is 0 Å². The Labute approximate surface area is 109 Å². The van der Waals surface area contributed by atoms with Gasteiger partial charge < -0.3 is 10.0 Å². The second-order valence-electron chi connectivity index (χ2n) is 5.45. The van der Waals surface area contributed by atoms with E-state index >= 15 is 0 Å². The number of likely N-dealkylation sites (tertiary alicyclic amines) is 1. The van der Waals surface area contributed by atoms with Crippen LogP contribution < -0.4 is 0 Å². The van der Waals surface area contributed by atoms with Crippen LogP contribution in [0.5, 0.6) is 0 Å². The molecule has 0 aliphatic carbocycles. The van der Waals surface area contributed by atoms with Crippen molar-refractivity contribution >= 4 is 11.9 Å². The summed E-state index contributed by atoms with van der Waals surface area (Å²) in [6, 6.07) is 0. The maximum atomic E-state index is 12.3. The number of carbonyl (C=O) groups excluding carboxylic acids is 1. The van der Waals surface area contributed by atoms with E-state index < -0.39 is 17.8 Å². The second-order valence-corrected chi connectivity index (χ2v) is 5.45. The number of carboxylic acid groups (broad SMARTS) is 1. The number of amides is 1. The Kier molecular flexibility index (Phi) is 5.63. The van der Waals surface area contributed by atoms with Crippen molar-refractivity contribution in [2.24, 2.45) is 17.8 Å². The van der Waals surface area contributed by atoms with Gasteiger partial charge in [0.1, 0.15) is 0 Å². The fraction of sp³-hybridized carbons (Fsp3) is 0.857. The van der Waals surface area contributed by atoms with Crippen LogP contribution in [-0.4, -0.2) is 35.0 Å². The van der Waals surface area contributed by atoms with Gasteiger partial charge in [-0.25, -0.2) is 0 Å². The summed E-state index contributed by atoms with van der Waals surface area (Å²) in [5.41, 5.74) is 0. The number of nitrogens with zero attached hydrogens (tertiary/aromatic N) is 1. The highest BCUT2D eigenvalue weighted by Crippen LogP contribution is 2.22. The molecule has 0 bridgehead atoms. The van der Waals surface area contributed by atoms with E-state index in [1.807, 2.05) is 4.90 Å². The molecule has 3 unspecified atom stereocenters. The fourth-order valence-electron chi connectivity index (χ4n) is 2.51. The molecule has 1 fully saturated rings. The summed E-state index contributed by atoms with van der Waals surface area (Å²) >= 11 is 0. The third-order valence-electron chi connectivity index (χ3n) is 4.27. The smallest absolute Gasteiger partial charge is 0.307 e. The fourth-order valence-corrected chi connectivity index (χ4v) is 2.51. The van der Waals surface area contributed by atoms with Crippen LogP contribution in [0.25, 0.3) is 0 Å². The van der Waals surface area contributed by atoms with E-state index in [0.29, 0.717) is 0 Å². The first-order valence-electron chi connectivity index (χ1n) is 6.99. The van der Waals surface area contributed by atoms with Crippen molar-refractivity contribution < 1.29 is 14.7 Å². The molecule has 0 aromatic heterocycles. The van der Waals surface area contributed by atoms with Crippen molar-refractivity contribution in [1.82, 2.24) is 4.90 Å². The van der Waals surface area contributed by atoms with Crippen LogP contribution in [0.15, 0.2) is 0 Å². The predicted molar refractivity (Wildman–Crippen MR) is 70.2 cm³/mol. The lowest BCUT2D eigenvalue weighted by Gasteiger charge is -2.26. The van der Waals surface area contributed by atoms with E-state index in [4.69, 9.17) is 5.11 Å². The quantitative estimate of drug-likeness (QED) is 0.839. The predicted octanol–water partition coefficient (Wildman–Crippen LogP) is 2.38. The summed E-state index contributed by atoms with van der Waals surface area (Å²) in [5, 5.41) is 8.96. The van der Waals surface area contributed by atoms with Crippen molar-refractivity contribution in [3.05, 3.63) is 0 Å². The van der Waals surface area contributed by atoms with Gasteiger partial charge in [0.2, 0.25) is 5.91 Å². The van der Waals surface area contributed by atoms with Gasteiger partial charge in [0.25, 0.3) is 0 Å². The summed E-state index contributed by atoms with van der Waals surface area (Å²) in [7, 11) is 0. The van der Waals surface area contributed by atoms with Gasteiger partial charge in [-0.1, -0.05) is 27.2 Å². The van der Waals surface area contributed by atoms with Gasteiger partial charge in [-0.3, -0.25) is 9.59 Å². The number of aliphatic carboxylic acids is 1. The molecular weight excluding hydrogens is 230 g/mol. The van der Waals surface area contributed by atoms with Crippen molar-refractivity contribution in [2.45, 2.75) is 46.5 Å². The zero-order chi connectivity index (χ0) is 13.7. The average molecular weight is 255 g/mol. The second kappa shape index (κ2) is 6.76. The van der Waals surface area contributed by atoms with Crippen molar-refractivity contribution in [3.8, 4) is 0 Å². The Hall–Kier alpha value is -1.06. The molecule has 4 heteroatoms. The molecule has 1 aliphatic heterocycles. The van der Waals surface area contributed by atoms with Gasteiger partial charge in [0.15, 0.2) is 0 Å². The largest absolute Gasteiger partial charge is 0.481 e. The minimum Gasteiger partial charge on any atom is -0.481 e. The van der Waals surface area contributed by atoms with Gasteiger partial charge in [0.05, 0.1) is 5.92 Å². The molecule has 4 nitrogen and oxygen atoms in total. The molecule has 104 valence electrons. The molecule has 0 radical (unpaired) electrons. The SMILES string of the molecule is CCC1CCCN(C(=O)C(C)C(C)C(=O)O)CC1. The van der Waals surface area contributed by atoms with Crippen LogP contribution in [-0.2, 0) is 9.59 Å². The van der Waals surface area contributed by atoms with Crippen LogP contribution >= 0.6 is 0 Å². The topological polar surface area (TPSA) is 57.6 Å². The Morgan fingerprint density at radius 1 is 1.22 bits per heavy atom. The monoisotopic (exact) mass is 255 g/mol. The molecule has 3 atom stereocenters. The lowest BCUT2D eigenvalue weighted by atomic mass is 9.94. The van der Waals surface area contributed by atoms with E-state index in [1.165, 1.54) is 12.8 Å². The van der Waals surface area contributed by atoms with E-state index in [9.17, 15) is 9.59 Å². The molecular formula is C14H25NO3. The Morgan fingerprint density at radius 3 is 2.44 bits per heavy atom. The lowest BCUT2D eigenvalue weighted by molar-refractivity contribution is -0.149. The molecule has 1 amide bonds. The third kappa shape index (κ3) is 3.72. The minimum absolute atomic E-state index is 0.00153. The van der Waals surface area contributed by atoms with Crippen LogP contribution in [0.2, 0.25) is 0 Å². The first-order valence-corrected chi connectivity index (χ1v) is 6.99. The first kappa shape index (κ1) is 15.0. The molecule has 0 aromatic rings. The Morgan fingerprint density at radius 2 is 1.89 bits per heavy atom. The normalized spacial score (nSPS) is 24.2. The van der Waals surface area contributed by atoms with Gasteiger partial charge in [-0.05, 0) is 25.2 Å². The molecule has 1 saturated heterocycles. The van der Waals surface area contributed by atoms with Crippen molar-refractivity contribution in [3.63, 3.8) is 0 Å². The number of hydrogen-bond acceptors (Lipinski definition) is 2. The van der Waals surface area contributed by atoms with Crippen LogP contribution in [0.3, 0.4) is 0 Å². The Bertz CT molecular complexity index is 303. The van der Waals surface area contributed by atoms with Crippen molar-refractivity contribution in [1.29, 1.82) is 0 Å². The van der Waals surface area contributed by atoms with Gasteiger partial charge >= 0.3 is 5.97 Å². The van der Waals surface area contributed by atoms with E-state index in [1.54, 1.807) is 13.8 Å². The molecule has 0 spiro atoms. The molecule has 1 heterocycles. The first-order chi connectivity index (χ1) is 8.47. The maximum Gasteiger partial charge on any atom is 0.307 e. The summed E-state index contributed by atoms with van der Waals surface area (Å²) < 4.78 is 0. The molecule has 1 N–H and O–H groups in total. The maximum absolute atomic E-state index is 12.3. The molecule has 0 saturated carbocycles. The number of carboxylic acids is 1. The molecule has 1 rings (SSSR count). The third-order valence-corrected chi connectivity index (χ3v) is 4.27. The van der Waals surface area contributed by atoms with Crippen LogP contribution in [0, 0.1) is 17.8 Å². The molecule has 0 aromatic carbocycles. The van der Waals surface area contributed by atoms with Gasteiger partial charge in [0, 0.05) is 19.0 Å². The summed E-state index contributed by atoms with van der Waals surface area (Å²) in [6.45, 7) is 7.10. The summed E-state index contributed by atoms with van der Waals surface area (Å²) in [4.78, 5) is 25.0. The number of carbonyl (C=O) groups is 2. The van der Waals surface area contributed by atoms with Crippen LogP contribution in [0.1, 0.15) is 46.5 Å².